The molecule has 2 atom stereocenters. The van der Waals surface area contributed by atoms with Crippen LogP contribution in [0.2, 0.25) is 0 Å². The van der Waals surface area contributed by atoms with Gasteiger partial charge < -0.3 is 4.90 Å². The van der Waals surface area contributed by atoms with Gasteiger partial charge in [-0.1, -0.05) is 26.0 Å². The van der Waals surface area contributed by atoms with E-state index in [1.54, 1.807) is 6.20 Å². The second kappa shape index (κ2) is 5.99. The lowest BCUT2D eigenvalue weighted by atomic mass is 9.93. The second-order valence-corrected chi connectivity index (χ2v) is 7.80. The third-order valence-electron chi connectivity index (χ3n) is 4.62. The normalized spacial score (nSPS) is 27.6. The minimum atomic E-state index is 0.0598. The predicted octanol–water partition coefficient (Wildman–Crippen LogP) is 1.56. The molecule has 0 aliphatic carbocycles. The molecular formula is C16H27N5O. The zero-order valence-corrected chi connectivity index (χ0v) is 13.9. The summed E-state index contributed by atoms with van der Waals surface area (Å²) in [7, 11) is 0. The summed E-state index contributed by atoms with van der Waals surface area (Å²) in [4.78, 5) is 17.3. The van der Waals surface area contributed by atoms with Crippen LogP contribution in [0.1, 0.15) is 46.1 Å². The van der Waals surface area contributed by atoms with E-state index in [1.807, 2.05) is 10.9 Å². The van der Waals surface area contributed by atoms with E-state index in [0.29, 0.717) is 11.9 Å². The average Bonchev–Trinajstić information content (AvgIpc) is 3.09. The van der Waals surface area contributed by atoms with Crippen molar-refractivity contribution in [2.24, 2.45) is 5.41 Å². The molecule has 2 saturated heterocycles. The summed E-state index contributed by atoms with van der Waals surface area (Å²) in [6.45, 7) is 10.2. The fraction of sp³-hybridized carbons (Fsp3) is 0.812. The molecule has 22 heavy (non-hydrogen) atoms. The van der Waals surface area contributed by atoms with Gasteiger partial charge in [-0.2, -0.15) is 0 Å². The van der Waals surface area contributed by atoms with Crippen molar-refractivity contribution in [2.45, 2.75) is 52.1 Å². The minimum absolute atomic E-state index is 0.0598. The van der Waals surface area contributed by atoms with Crippen LogP contribution < -0.4 is 0 Å². The lowest BCUT2D eigenvalue weighted by Crippen LogP contribution is -2.53. The van der Waals surface area contributed by atoms with Crippen LogP contribution in [0.4, 0.5) is 0 Å². The minimum Gasteiger partial charge on any atom is -0.341 e. The van der Waals surface area contributed by atoms with Gasteiger partial charge in [0.25, 0.3) is 0 Å². The van der Waals surface area contributed by atoms with E-state index in [-0.39, 0.29) is 11.5 Å². The van der Waals surface area contributed by atoms with Crippen molar-refractivity contribution in [2.75, 3.05) is 26.2 Å². The number of hydrogen-bond donors (Lipinski definition) is 0. The topological polar surface area (TPSA) is 54.3 Å². The van der Waals surface area contributed by atoms with Crippen LogP contribution in [0.5, 0.6) is 0 Å². The van der Waals surface area contributed by atoms with Gasteiger partial charge in [0, 0.05) is 32.4 Å². The first kappa shape index (κ1) is 15.5. The van der Waals surface area contributed by atoms with Crippen LogP contribution in [0.25, 0.3) is 0 Å². The Bertz CT molecular complexity index is 507. The fourth-order valence-electron chi connectivity index (χ4n) is 3.67. The highest BCUT2D eigenvalue weighted by molar-refractivity contribution is 5.82. The SMILES string of the molecule is CC(C)(C)CN1CCC[C@@H](N2CC[C@@H](n3ccnn3)C2)C1=O. The second-order valence-electron chi connectivity index (χ2n) is 7.80. The standard InChI is InChI=1S/C16H27N5O/c1-16(2,3)12-20-8-4-5-14(15(20)22)19-9-6-13(11-19)21-10-7-17-18-21/h7,10,13-14H,4-6,8-9,11-12H2,1-3H3/t13-,14-/m1/s1. The van der Waals surface area contributed by atoms with Crippen LogP contribution in [0, 0.1) is 5.41 Å². The largest absolute Gasteiger partial charge is 0.341 e. The van der Waals surface area contributed by atoms with E-state index >= 15 is 0 Å². The molecule has 0 N–H and O–H groups in total. The molecule has 3 rings (SSSR count). The van der Waals surface area contributed by atoms with Gasteiger partial charge in [-0.05, 0) is 24.7 Å². The third-order valence-corrected chi connectivity index (χ3v) is 4.62. The summed E-state index contributed by atoms with van der Waals surface area (Å²) in [5, 5.41) is 8.00. The number of nitrogens with zero attached hydrogens (tertiary/aromatic N) is 5. The van der Waals surface area contributed by atoms with Crippen LogP contribution >= 0.6 is 0 Å². The van der Waals surface area contributed by atoms with Crippen LogP contribution in [-0.2, 0) is 4.79 Å². The Labute approximate surface area is 132 Å². The van der Waals surface area contributed by atoms with Crippen molar-refractivity contribution in [3.05, 3.63) is 12.4 Å². The molecule has 6 heteroatoms. The first-order chi connectivity index (χ1) is 10.4. The van der Waals surface area contributed by atoms with Crippen molar-refractivity contribution in [1.82, 2.24) is 24.8 Å². The van der Waals surface area contributed by atoms with E-state index < -0.39 is 0 Å². The van der Waals surface area contributed by atoms with Crippen molar-refractivity contribution in [3.63, 3.8) is 0 Å². The molecule has 1 aromatic rings. The van der Waals surface area contributed by atoms with E-state index in [1.165, 1.54) is 0 Å². The van der Waals surface area contributed by atoms with E-state index in [9.17, 15) is 4.79 Å². The van der Waals surface area contributed by atoms with Gasteiger partial charge in [-0.25, -0.2) is 4.68 Å². The monoisotopic (exact) mass is 305 g/mol. The average molecular weight is 305 g/mol. The maximum Gasteiger partial charge on any atom is 0.239 e. The Morgan fingerprint density at radius 2 is 2.09 bits per heavy atom. The number of piperidine rings is 1. The Morgan fingerprint density at radius 1 is 1.27 bits per heavy atom. The number of carbonyl (C=O) groups is 1. The molecule has 122 valence electrons. The van der Waals surface area contributed by atoms with Gasteiger partial charge in [0.15, 0.2) is 0 Å². The summed E-state index contributed by atoms with van der Waals surface area (Å²) in [5.41, 5.74) is 0.159. The van der Waals surface area contributed by atoms with Gasteiger partial charge >= 0.3 is 0 Å². The number of likely N-dealkylation sites (tertiary alicyclic amines) is 2. The molecular weight excluding hydrogens is 278 g/mol. The molecule has 0 radical (unpaired) electrons. The number of hydrogen-bond acceptors (Lipinski definition) is 4. The fourth-order valence-corrected chi connectivity index (χ4v) is 3.67. The molecule has 2 aliphatic rings. The molecule has 0 unspecified atom stereocenters. The molecule has 0 saturated carbocycles. The number of aromatic nitrogens is 3. The maximum absolute atomic E-state index is 12.8. The van der Waals surface area contributed by atoms with Gasteiger partial charge in [0.1, 0.15) is 0 Å². The number of rotatable bonds is 3. The summed E-state index contributed by atoms with van der Waals surface area (Å²) >= 11 is 0. The molecule has 0 bridgehead atoms. The molecule has 0 spiro atoms. The van der Waals surface area contributed by atoms with Crippen LogP contribution in [-0.4, -0.2) is 62.9 Å². The van der Waals surface area contributed by atoms with E-state index in [4.69, 9.17) is 0 Å². The summed E-state index contributed by atoms with van der Waals surface area (Å²) in [6.07, 6.45) is 6.79. The quantitative estimate of drug-likeness (QED) is 0.850. The van der Waals surface area contributed by atoms with E-state index in [2.05, 4.69) is 40.9 Å². The molecule has 1 amide bonds. The number of amides is 1. The Morgan fingerprint density at radius 3 is 2.77 bits per heavy atom. The summed E-state index contributed by atoms with van der Waals surface area (Å²) < 4.78 is 1.93. The molecule has 6 nitrogen and oxygen atoms in total. The van der Waals surface area contributed by atoms with Gasteiger partial charge in [0.05, 0.1) is 18.3 Å². The van der Waals surface area contributed by atoms with Crippen molar-refractivity contribution >= 4 is 5.91 Å². The first-order valence-electron chi connectivity index (χ1n) is 8.33. The van der Waals surface area contributed by atoms with Gasteiger partial charge in [-0.3, -0.25) is 9.69 Å². The smallest absolute Gasteiger partial charge is 0.239 e. The summed E-state index contributed by atoms with van der Waals surface area (Å²) in [5.74, 6) is 0.320. The maximum atomic E-state index is 12.8. The highest BCUT2D eigenvalue weighted by Gasteiger charge is 2.38. The Hall–Kier alpha value is -1.43. The Kier molecular flexibility index (Phi) is 4.21. The van der Waals surface area contributed by atoms with Crippen LogP contribution in [0.15, 0.2) is 12.4 Å². The Balaban J connectivity index is 1.63. The highest BCUT2D eigenvalue weighted by atomic mass is 16.2. The molecule has 0 aromatic carbocycles. The zero-order chi connectivity index (χ0) is 15.7. The predicted molar refractivity (Wildman–Crippen MR) is 84.3 cm³/mol. The van der Waals surface area contributed by atoms with Crippen molar-refractivity contribution < 1.29 is 4.79 Å². The van der Waals surface area contributed by atoms with Gasteiger partial charge in [0.2, 0.25) is 5.91 Å². The van der Waals surface area contributed by atoms with Gasteiger partial charge in [-0.15, -0.1) is 5.10 Å². The lowest BCUT2D eigenvalue weighted by Gasteiger charge is -2.39. The molecule has 1 aromatic heterocycles. The molecule has 2 aliphatic heterocycles. The number of carbonyl (C=O) groups excluding carboxylic acids is 1. The van der Waals surface area contributed by atoms with Crippen LogP contribution in [0.3, 0.4) is 0 Å². The lowest BCUT2D eigenvalue weighted by molar-refractivity contribution is -0.141. The first-order valence-corrected chi connectivity index (χ1v) is 8.33. The van der Waals surface area contributed by atoms with Crippen molar-refractivity contribution in [1.29, 1.82) is 0 Å². The zero-order valence-electron chi connectivity index (χ0n) is 13.9. The summed E-state index contributed by atoms with van der Waals surface area (Å²) in [6, 6.07) is 0.415. The highest BCUT2D eigenvalue weighted by Crippen LogP contribution is 2.28. The van der Waals surface area contributed by atoms with E-state index in [0.717, 1.165) is 45.4 Å². The molecule has 3 heterocycles. The van der Waals surface area contributed by atoms with Crippen molar-refractivity contribution in [3.8, 4) is 0 Å². The molecule has 2 fully saturated rings. The third kappa shape index (κ3) is 3.32.